The predicted octanol–water partition coefficient (Wildman–Crippen LogP) is 3.21. The molecular weight excluding hydrogens is 504 g/mol. The Hall–Kier alpha value is -3.80. The molecule has 11 nitrogen and oxygen atoms in total. The van der Waals surface area contributed by atoms with Gasteiger partial charge in [-0.2, -0.15) is 0 Å². The van der Waals surface area contributed by atoms with Gasteiger partial charge in [-0.1, -0.05) is 6.07 Å². The lowest BCUT2D eigenvalue weighted by atomic mass is 10.1. The van der Waals surface area contributed by atoms with E-state index in [1.807, 2.05) is 13.8 Å². The van der Waals surface area contributed by atoms with Gasteiger partial charge in [-0.15, -0.1) is 0 Å². The summed E-state index contributed by atoms with van der Waals surface area (Å²) < 4.78 is 25.1. The molecule has 2 aliphatic carbocycles. The van der Waals surface area contributed by atoms with Crippen LogP contribution < -0.4 is 10.9 Å². The van der Waals surface area contributed by atoms with E-state index in [0.717, 1.165) is 54.5 Å². The fourth-order valence-corrected chi connectivity index (χ4v) is 5.32. The molecule has 2 saturated carbocycles. The van der Waals surface area contributed by atoms with Crippen molar-refractivity contribution >= 4 is 26.8 Å². The van der Waals surface area contributed by atoms with Gasteiger partial charge in [-0.25, -0.2) is 38.3 Å². The quantitative estimate of drug-likeness (QED) is 0.359. The molecule has 0 aliphatic heterocycles. The first kappa shape index (κ1) is 24.5. The average Bonchev–Trinajstić information content (AvgIpc) is 3.80. The Bertz CT molecular complexity index is 1710. The Morgan fingerprint density at radius 3 is 2.50 bits per heavy atom. The van der Waals surface area contributed by atoms with E-state index in [0.29, 0.717) is 28.8 Å². The fourth-order valence-electron chi connectivity index (χ4n) is 4.76. The molecule has 0 amide bonds. The van der Waals surface area contributed by atoms with Gasteiger partial charge >= 0.3 is 0 Å². The third-order valence-corrected chi connectivity index (χ3v) is 8.24. The van der Waals surface area contributed by atoms with Crippen LogP contribution in [0.15, 0.2) is 40.7 Å². The summed E-state index contributed by atoms with van der Waals surface area (Å²) in [6.07, 6.45) is 10.1. The highest BCUT2D eigenvalue weighted by molar-refractivity contribution is 7.90. The summed E-state index contributed by atoms with van der Waals surface area (Å²) >= 11 is 0. The van der Waals surface area contributed by atoms with Gasteiger partial charge in [0.1, 0.15) is 11.8 Å². The molecule has 0 spiro atoms. The minimum Gasteiger partial charge on any atom is -0.361 e. The van der Waals surface area contributed by atoms with Crippen molar-refractivity contribution in [3.8, 4) is 11.4 Å². The maximum Gasteiger partial charge on any atom is 0.295 e. The first-order valence-electron chi connectivity index (χ1n) is 12.7. The van der Waals surface area contributed by atoms with Crippen LogP contribution in [-0.4, -0.2) is 49.1 Å². The van der Waals surface area contributed by atoms with Gasteiger partial charge in [0.15, 0.2) is 32.2 Å². The first-order valence-corrected chi connectivity index (χ1v) is 14.6. The highest BCUT2D eigenvalue weighted by atomic mass is 32.2. The molecule has 4 heterocycles. The molecule has 38 heavy (non-hydrogen) atoms. The fraction of sp³-hybridized carbons (Fsp3) is 0.423. The van der Waals surface area contributed by atoms with Crippen molar-refractivity contribution in [2.45, 2.75) is 63.1 Å². The highest BCUT2D eigenvalue weighted by Gasteiger charge is 2.33. The number of aromatic nitrogens is 7. The Balaban J connectivity index is 1.40. The molecule has 0 aromatic carbocycles. The zero-order chi connectivity index (χ0) is 26.6. The molecule has 12 heteroatoms. The van der Waals surface area contributed by atoms with Crippen LogP contribution in [0.3, 0.4) is 0 Å². The van der Waals surface area contributed by atoms with Gasteiger partial charge in [0, 0.05) is 31.0 Å². The van der Waals surface area contributed by atoms with Crippen molar-refractivity contribution < 1.29 is 8.42 Å². The van der Waals surface area contributed by atoms with Gasteiger partial charge in [0.05, 0.1) is 23.1 Å². The van der Waals surface area contributed by atoms with E-state index in [1.54, 1.807) is 23.2 Å². The molecule has 0 bridgehead atoms. The standard InChI is InChI=1S/C26H28N8O3S/c1-14-21(22(18-7-8-18)31-13-30-14)23-29-12-19-25(33-23)34(15(2)17-5-6-17)26(35)24(32-19)28-11-16-4-9-20(27-10-16)38(3,36)37/h4,9-10,12-13,15,17-18H,5-8,11H2,1-3H3,(H,28,32). The van der Waals surface area contributed by atoms with Gasteiger partial charge < -0.3 is 5.32 Å². The Labute approximate surface area is 219 Å². The summed E-state index contributed by atoms with van der Waals surface area (Å²) in [5.74, 6) is 1.49. The minimum absolute atomic E-state index is 0.00235. The van der Waals surface area contributed by atoms with Crippen LogP contribution in [0.25, 0.3) is 22.6 Å². The van der Waals surface area contributed by atoms with Crippen LogP contribution in [0.5, 0.6) is 0 Å². The third kappa shape index (κ3) is 4.64. The zero-order valence-electron chi connectivity index (χ0n) is 21.4. The Kier molecular flexibility index (Phi) is 5.93. The first-order chi connectivity index (χ1) is 18.2. The summed E-state index contributed by atoms with van der Waals surface area (Å²) in [5, 5.41) is 3.11. The Morgan fingerprint density at radius 2 is 1.84 bits per heavy atom. The second-order valence-electron chi connectivity index (χ2n) is 10.2. The third-order valence-electron chi connectivity index (χ3n) is 7.23. The van der Waals surface area contributed by atoms with E-state index in [1.165, 1.54) is 12.3 Å². The van der Waals surface area contributed by atoms with E-state index in [-0.39, 0.29) is 29.0 Å². The van der Waals surface area contributed by atoms with Crippen molar-refractivity contribution in [1.29, 1.82) is 0 Å². The number of rotatable bonds is 8. The number of anilines is 1. The van der Waals surface area contributed by atoms with Crippen molar-refractivity contribution in [2.75, 3.05) is 11.6 Å². The maximum atomic E-state index is 13.7. The van der Waals surface area contributed by atoms with Crippen LogP contribution in [0.1, 0.15) is 61.5 Å². The molecule has 196 valence electrons. The maximum absolute atomic E-state index is 13.7. The molecule has 1 N–H and O–H groups in total. The lowest BCUT2D eigenvalue weighted by Gasteiger charge is -2.19. The van der Waals surface area contributed by atoms with Crippen LogP contribution in [0.2, 0.25) is 0 Å². The van der Waals surface area contributed by atoms with Crippen LogP contribution >= 0.6 is 0 Å². The Morgan fingerprint density at radius 1 is 1.05 bits per heavy atom. The van der Waals surface area contributed by atoms with Crippen LogP contribution in [0.4, 0.5) is 5.82 Å². The summed E-state index contributed by atoms with van der Waals surface area (Å²) in [6, 6.07) is 3.07. The summed E-state index contributed by atoms with van der Waals surface area (Å²) in [5.41, 5.74) is 4.08. The largest absolute Gasteiger partial charge is 0.361 e. The highest BCUT2D eigenvalue weighted by Crippen LogP contribution is 2.43. The molecule has 6 rings (SSSR count). The second-order valence-corrected chi connectivity index (χ2v) is 12.2. The SMILES string of the molecule is Cc1ncnc(C2CC2)c1-c1ncc2nc(NCc3ccc(S(C)(=O)=O)nc3)c(=O)n(C(C)C3CC3)c2n1. The molecule has 4 aromatic heterocycles. The lowest BCUT2D eigenvalue weighted by molar-refractivity contribution is 0.482. The number of hydrogen-bond acceptors (Lipinski definition) is 10. The van der Waals surface area contributed by atoms with Crippen molar-refractivity contribution in [3.05, 3.63) is 58.2 Å². The van der Waals surface area contributed by atoms with E-state index >= 15 is 0 Å². The van der Waals surface area contributed by atoms with Gasteiger partial charge in [-0.3, -0.25) is 9.36 Å². The van der Waals surface area contributed by atoms with Crippen molar-refractivity contribution in [1.82, 2.24) is 34.5 Å². The van der Waals surface area contributed by atoms with Crippen LogP contribution in [0, 0.1) is 12.8 Å². The number of sulfone groups is 1. The molecular formula is C26H28N8O3S. The molecule has 1 unspecified atom stereocenters. The number of fused-ring (bicyclic) bond motifs is 1. The number of aryl methyl sites for hydroxylation is 1. The molecule has 0 saturated heterocycles. The van der Waals surface area contributed by atoms with Gasteiger partial charge in [0.25, 0.3) is 5.56 Å². The molecule has 1 atom stereocenters. The number of nitrogens with zero attached hydrogens (tertiary/aromatic N) is 7. The number of pyridine rings is 1. The van der Waals surface area contributed by atoms with E-state index in [4.69, 9.17) is 4.98 Å². The number of hydrogen-bond donors (Lipinski definition) is 1. The van der Waals surface area contributed by atoms with Crippen molar-refractivity contribution in [2.24, 2.45) is 5.92 Å². The molecule has 2 fully saturated rings. The lowest BCUT2D eigenvalue weighted by Crippen LogP contribution is -2.29. The topological polar surface area (TPSA) is 146 Å². The molecule has 0 radical (unpaired) electrons. The second kappa shape index (κ2) is 9.19. The van der Waals surface area contributed by atoms with E-state index in [2.05, 4.69) is 30.2 Å². The normalized spacial score (nSPS) is 16.5. The van der Waals surface area contributed by atoms with Gasteiger partial charge in [-0.05, 0) is 57.1 Å². The summed E-state index contributed by atoms with van der Waals surface area (Å²) in [6.45, 7) is 4.23. The monoisotopic (exact) mass is 532 g/mol. The number of nitrogens with one attached hydrogen (secondary N) is 1. The van der Waals surface area contributed by atoms with Crippen molar-refractivity contribution in [3.63, 3.8) is 0 Å². The van der Waals surface area contributed by atoms with E-state index in [9.17, 15) is 13.2 Å². The summed E-state index contributed by atoms with van der Waals surface area (Å²) in [7, 11) is -3.38. The molecule has 2 aliphatic rings. The predicted molar refractivity (Wildman–Crippen MR) is 141 cm³/mol. The summed E-state index contributed by atoms with van der Waals surface area (Å²) in [4.78, 5) is 40.7. The minimum atomic E-state index is -3.38. The molecule has 4 aromatic rings. The zero-order valence-corrected chi connectivity index (χ0v) is 22.2. The van der Waals surface area contributed by atoms with Gasteiger partial charge in [0.2, 0.25) is 0 Å². The smallest absolute Gasteiger partial charge is 0.295 e. The average molecular weight is 533 g/mol. The van der Waals surface area contributed by atoms with Crippen LogP contribution in [-0.2, 0) is 16.4 Å². The van der Waals surface area contributed by atoms with E-state index < -0.39 is 9.84 Å².